The zero-order chi connectivity index (χ0) is 49.0. The fourth-order valence-corrected chi connectivity index (χ4v) is 11.2. The molecule has 5 nitrogen and oxygen atoms in total. The fraction of sp³-hybridized carbons (Fsp3) is 0.0145. The molecule has 3 heterocycles. The van der Waals surface area contributed by atoms with Gasteiger partial charge in [0.2, 0.25) is 5.96 Å². The second-order valence-corrected chi connectivity index (χ2v) is 18.9. The molecule has 0 saturated carbocycles. The quantitative estimate of drug-likeness (QED) is 0.162. The van der Waals surface area contributed by atoms with Gasteiger partial charge >= 0.3 is 0 Å². The number of aliphatic imine (C=N–C) groups is 2. The van der Waals surface area contributed by atoms with Crippen LogP contribution in [-0.2, 0) is 0 Å². The Morgan fingerprint density at radius 2 is 0.770 bits per heavy atom. The average Bonchev–Trinajstić information content (AvgIpc) is 4.01. The molecule has 2 aromatic heterocycles. The van der Waals surface area contributed by atoms with Gasteiger partial charge in [0.05, 0.1) is 27.8 Å². The molecule has 0 fully saturated rings. The number of benzene rings is 11. The van der Waals surface area contributed by atoms with E-state index in [2.05, 4.69) is 287 Å². The van der Waals surface area contributed by atoms with Crippen LogP contribution in [0.2, 0.25) is 0 Å². The lowest BCUT2D eigenvalue weighted by atomic mass is 9.88. The van der Waals surface area contributed by atoms with Crippen molar-refractivity contribution in [1.29, 1.82) is 0 Å². The maximum Gasteiger partial charge on any atom is 0.212 e. The summed E-state index contributed by atoms with van der Waals surface area (Å²) in [6.45, 7) is 0. The molecule has 0 saturated heterocycles. The number of hydrogen-bond acceptors (Lipinski definition) is 3. The van der Waals surface area contributed by atoms with E-state index in [0.717, 1.165) is 82.9 Å². The molecule has 0 radical (unpaired) electrons. The molecule has 13 aromatic rings. The first-order chi connectivity index (χ1) is 36.7. The van der Waals surface area contributed by atoms with Crippen LogP contribution in [0.5, 0.6) is 0 Å². The van der Waals surface area contributed by atoms with Crippen LogP contribution in [0.15, 0.2) is 283 Å². The lowest BCUT2D eigenvalue weighted by Crippen LogP contribution is -2.37. The summed E-state index contributed by atoms with van der Waals surface area (Å²) in [6, 6.07) is 98.0. The monoisotopic (exact) mass is 945 g/mol. The fourth-order valence-electron chi connectivity index (χ4n) is 11.2. The van der Waals surface area contributed by atoms with Crippen molar-refractivity contribution >= 4 is 55.4 Å². The van der Waals surface area contributed by atoms with Crippen LogP contribution in [-0.4, -0.2) is 20.9 Å². The van der Waals surface area contributed by atoms with Gasteiger partial charge in [0.1, 0.15) is 6.17 Å². The van der Waals surface area contributed by atoms with Crippen molar-refractivity contribution in [2.24, 2.45) is 9.98 Å². The van der Waals surface area contributed by atoms with Gasteiger partial charge in [0, 0.05) is 32.7 Å². The summed E-state index contributed by atoms with van der Waals surface area (Å²) in [5.41, 5.74) is 18.9. The number of hydrogen-bond donors (Lipinski definition) is 1. The van der Waals surface area contributed by atoms with Gasteiger partial charge in [0.15, 0.2) is 5.84 Å². The third kappa shape index (κ3) is 7.41. The van der Waals surface area contributed by atoms with Crippen molar-refractivity contribution < 1.29 is 0 Å². The standard InChI is InChI=1S/C69H47N5/c1-6-21-46(22-7-1)49-37-39-52(40-38-49)68-70-67(51-29-14-5-15-30-51)71-69(72-68)74-62-35-19-17-32-58(62)60-42-41-59-57-31-16-18-34-61(57)73(65(59)66(60)74)63-36-20-33-56(64(63)50-27-12-4-13-28-50)55-44-53(47-23-8-2-9-24-47)43-54(45-55)48-25-10-3-11-26-48/h1-45,67H,(H,70,71,72). The first-order valence-corrected chi connectivity index (χ1v) is 25.3. The van der Waals surface area contributed by atoms with E-state index in [0.29, 0.717) is 11.8 Å². The second kappa shape index (κ2) is 18.1. The maximum atomic E-state index is 5.53. The van der Waals surface area contributed by atoms with Gasteiger partial charge < -0.3 is 9.88 Å². The number of amidine groups is 1. The molecule has 1 aliphatic heterocycles. The predicted molar refractivity (Wildman–Crippen MR) is 309 cm³/mol. The van der Waals surface area contributed by atoms with Gasteiger partial charge in [0.25, 0.3) is 0 Å². The Morgan fingerprint density at radius 1 is 0.324 bits per heavy atom. The summed E-state index contributed by atoms with van der Waals surface area (Å²) in [4.78, 5) is 10.9. The van der Waals surface area contributed by atoms with Crippen LogP contribution in [0.1, 0.15) is 17.3 Å². The molecule has 1 atom stereocenters. The zero-order valence-corrected chi connectivity index (χ0v) is 40.3. The van der Waals surface area contributed by atoms with Gasteiger partial charge in [-0.25, -0.2) is 4.99 Å². The normalized spacial score (nSPS) is 13.5. The van der Waals surface area contributed by atoms with E-state index in [4.69, 9.17) is 9.98 Å². The minimum Gasteiger partial charge on any atom is -0.330 e. The van der Waals surface area contributed by atoms with E-state index in [1.807, 2.05) is 0 Å². The Kier molecular flexibility index (Phi) is 10.5. The molecule has 0 amide bonds. The van der Waals surface area contributed by atoms with Gasteiger partial charge in [-0.3, -0.25) is 4.57 Å². The highest BCUT2D eigenvalue weighted by atomic mass is 15.3. The lowest BCUT2D eigenvalue weighted by Gasteiger charge is -2.25. The summed E-state index contributed by atoms with van der Waals surface area (Å²) in [6.07, 6.45) is -0.400. The van der Waals surface area contributed by atoms with E-state index < -0.39 is 6.17 Å². The highest BCUT2D eigenvalue weighted by Gasteiger charge is 2.28. The number of nitrogens with one attached hydrogen (secondary N) is 1. The second-order valence-electron chi connectivity index (χ2n) is 18.9. The third-order valence-electron chi connectivity index (χ3n) is 14.6. The minimum atomic E-state index is -0.400. The van der Waals surface area contributed by atoms with Crippen molar-refractivity contribution in [2.45, 2.75) is 6.17 Å². The summed E-state index contributed by atoms with van der Waals surface area (Å²) in [7, 11) is 0. The Morgan fingerprint density at radius 3 is 1.35 bits per heavy atom. The van der Waals surface area contributed by atoms with Gasteiger partial charge in [-0.15, -0.1) is 0 Å². The van der Waals surface area contributed by atoms with E-state index in [1.54, 1.807) is 0 Å². The third-order valence-corrected chi connectivity index (χ3v) is 14.6. The Bertz CT molecular complexity index is 4230. The van der Waals surface area contributed by atoms with Crippen LogP contribution in [0.3, 0.4) is 0 Å². The smallest absolute Gasteiger partial charge is 0.212 e. The zero-order valence-electron chi connectivity index (χ0n) is 40.3. The Hall–Kier alpha value is -9.84. The first-order valence-electron chi connectivity index (χ1n) is 25.3. The summed E-state index contributed by atoms with van der Waals surface area (Å²) in [5.74, 6) is 1.37. The molecule has 0 aliphatic carbocycles. The van der Waals surface area contributed by atoms with Gasteiger partial charge in [-0.1, -0.05) is 237 Å². The number of aromatic nitrogens is 2. The van der Waals surface area contributed by atoms with Crippen LogP contribution in [0.25, 0.3) is 105 Å². The minimum absolute atomic E-state index is 0.400. The van der Waals surface area contributed by atoms with E-state index >= 15 is 0 Å². The van der Waals surface area contributed by atoms with E-state index in [9.17, 15) is 0 Å². The van der Waals surface area contributed by atoms with Crippen molar-refractivity contribution in [3.63, 3.8) is 0 Å². The van der Waals surface area contributed by atoms with Gasteiger partial charge in [-0.2, -0.15) is 4.99 Å². The molecule has 11 aromatic carbocycles. The van der Waals surface area contributed by atoms with Crippen molar-refractivity contribution in [1.82, 2.24) is 14.5 Å². The summed E-state index contributed by atoms with van der Waals surface area (Å²) < 4.78 is 4.87. The molecule has 0 spiro atoms. The van der Waals surface area contributed by atoms with Crippen LogP contribution in [0, 0.1) is 0 Å². The molecule has 1 unspecified atom stereocenters. The maximum absolute atomic E-state index is 5.53. The highest BCUT2D eigenvalue weighted by molar-refractivity contribution is 6.27. The Balaban J connectivity index is 1.05. The number of para-hydroxylation sites is 2. The number of fused-ring (bicyclic) bond motifs is 7. The Labute approximate surface area is 429 Å². The predicted octanol–water partition coefficient (Wildman–Crippen LogP) is 17.2. The molecule has 5 heteroatoms. The SMILES string of the molecule is c1ccc(-c2ccc(C3=NC(c4ccccc4)NC(n4c5ccccc5c5ccc6c7ccccc7n(-c7cccc(-c8cc(-c9ccccc9)cc(-c9ccccc9)c8)c7-c7ccccc7)c6c54)=N3)cc2)cc1. The molecule has 1 aliphatic rings. The molecule has 1 N–H and O–H groups in total. The highest BCUT2D eigenvalue weighted by Crippen LogP contribution is 2.46. The van der Waals surface area contributed by atoms with Crippen molar-refractivity contribution in [3.8, 4) is 61.3 Å². The van der Waals surface area contributed by atoms with Crippen molar-refractivity contribution in [3.05, 3.63) is 284 Å². The molecular formula is C69H47N5. The molecule has 14 rings (SSSR count). The summed E-state index contributed by atoms with van der Waals surface area (Å²) >= 11 is 0. The van der Waals surface area contributed by atoms with Crippen LogP contribution in [0.4, 0.5) is 0 Å². The molecule has 0 bridgehead atoms. The first kappa shape index (κ1) is 43.0. The number of rotatable bonds is 8. The molecule has 74 heavy (non-hydrogen) atoms. The van der Waals surface area contributed by atoms with Crippen LogP contribution >= 0.6 is 0 Å². The topological polar surface area (TPSA) is 46.6 Å². The number of nitrogens with zero attached hydrogens (tertiary/aromatic N) is 4. The van der Waals surface area contributed by atoms with Crippen LogP contribution < -0.4 is 5.32 Å². The lowest BCUT2D eigenvalue weighted by molar-refractivity contribution is 0.661. The van der Waals surface area contributed by atoms with Gasteiger partial charge in [-0.05, 0) is 92.0 Å². The van der Waals surface area contributed by atoms with E-state index in [1.165, 1.54) is 33.2 Å². The van der Waals surface area contributed by atoms with E-state index in [-0.39, 0.29) is 0 Å². The average molecular weight is 946 g/mol. The molecular weight excluding hydrogens is 899 g/mol. The summed E-state index contributed by atoms with van der Waals surface area (Å²) in [5, 5.41) is 8.47. The largest absolute Gasteiger partial charge is 0.330 e. The molecule has 348 valence electrons. The van der Waals surface area contributed by atoms with Crippen molar-refractivity contribution in [2.75, 3.05) is 0 Å².